The Morgan fingerprint density at radius 2 is 1.88 bits per heavy atom. The minimum atomic E-state index is -0.783. The Labute approximate surface area is 96.0 Å². The first-order chi connectivity index (χ1) is 7.52. The van der Waals surface area contributed by atoms with Crippen LogP contribution in [0.4, 0.5) is 4.79 Å². The number of urea groups is 1. The molecule has 0 spiro atoms. The van der Waals surface area contributed by atoms with Crippen molar-refractivity contribution in [3.05, 3.63) is 0 Å². The van der Waals surface area contributed by atoms with Gasteiger partial charge in [0.2, 0.25) is 0 Å². The zero-order chi connectivity index (χ0) is 12.3. The Morgan fingerprint density at radius 3 is 2.31 bits per heavy atom. The molecule has 92 valence electrons. The maximum absolute atomic E-state index is 12.1. The molecule has 16 heavy (non-hydrogen) atoms. The van der Waals surface area contributed by atoms with Crippen molar-refractivity contribution in [2.75, 3.05) is 19.7 Å². The molecular formula is C11H20N2O3. The Balaban J connectivity index is 2.99. The molecule has 1 aliphatic rings. The first-order valence-corrected chi connectivity index (χ1v) is 5.77. The van der Waals surface area contributed by atoms with Crippen LogP contribution < -0.4 is 0 Å². The van der Waals surface area contributed by atoms with Crippen LogP contribution in [0.1, 0.15) is 33.6 Å². The van der Waals surface area contributed by atoms with Crippen LogP contribution in [0.3, 0.4) is 0 Å². The van der Waals surface area contributed by atoms with Gasteiger partial charge in [0, 0.05) is 13.1 Å². The summed E-state index contributed by atoms with van der Waals surface area (Å²) in [6.45, 7) is 6.13. The Kier molecular flexibility index (Phi) is 3.91. The van der Waals surface area contributed by atoms with E-state index in [-0.39, 0.29) is 25.1 Å². The predicted molar refractivity (Wildman–Crippen MR) is 59.9 cm³/mol. The zero-order valence-corrected chi connectivity index (χ0v) is 10.2. The summed E-state index contributed by atoms with van der Waals surface area (Å²) in [7, 11) is 0. The van der Waals surface area contributed by atoms with E-state index in [0.717, 1.165) is 6.42 Å². The van der Waals surface area contributed by atoms with Crippen LogP contribution in [0.2, 0.25) is 0 Å². The van der Waals surface area contributed by atoms with Gasteiger partial charge in [0.15, 0.2) is 0 Å². The lowest BCUT2D eigenvalue weighted by atomic mass is 9.97. The molecule has 0 aromatic carbocycles. The van der Waals surface area contributed by atoms with Crippen LogP contribution in [0.25, 0.3) is 0 Å². The van der Waals surface area contributed by atoms with E-state index >= 15 is 0 Å². The van der Waals surface area contributed by atoms with Gasteiger partial charge in [0.25, 0.3) is 5.91 Å². The lowest BCUT2D eigenvalue weighted by Crippen LogP contribution is -2.47. The quantitative estimate of drug-likeness (QED) is 0.709. The molecule has 1 aliphatic heterocycles. The van der Waals surface area contributed by atoms with Crippen molar-refractivity contribution in [3.63, 3.8) is 0 Å². The zero-order valence-electron chi connectivity index (χ0n) is 10.2. The molecule has 1 heterocycles. The predicted octanol–water partition coefficient (Wildman–Crippen LogP) is 0.822. The summed E-state index contributed by atoms with van der Waals surface area (Å²) in [5.74, 6) is -0.143. The standard InChI is InChI=1S/C11H20N2O3/c1-4-6-12-9(15)11(3,5-2)13(7-8-14)10(12)16/h14H,4-8H2,1-3H3. The third-order valence-corrected chi connectivity index (χ3v) is 3.22. The van der Waals surface area contributed by atoms with Gasteiger partial charge < -0.3 is 10.0 Å². The molecule has 5 heteroatoms. The topological polar surface area (TPSA) is 60.9 Å². The fourth-order valence-corrected chi connectivity index (χ4v) is 2.06. The van der Waals surface area contributed by atoms with E-state index < -0.39 is 5.54 Å². The Bertz CT molecular complexity index is 293. The maximum Gasteiger partial charge on any atom is 0.327 e. The highest BCUT2D eigenvalue weighted by molar-refractivity contribution is 6.06. The van der Waals surface area contributed by atoms with E-state index in [4.69, 9.17) is 5.11 Å². The number of aliphatic hydroxyl groups is 1. The summed E-state index contributed by atoms with van der Waals surface area (Å²) in [5, 5.41) is 8.95. The van der Waals surface area contributed by atoms with Gasteiger partial charge in [-0.3, -0.25) is 9.69 Å². The summed E-state index contributed by atoms with van der Waals surface area (Å²) in [5.41, 5.74) is -0.783. The molecule has 3 amide bonds. The molecule has 5 nitrogen and oxygen atoms in total. The van der Waals surface area contributed by atoms with Crippen molar-refractivity contribution < 1.29 is 14.7 Å². The Hall–Kier alpha value is -1.10. The number of rotatable bonds is 5. The van der Waals surface area contributed by atoms with Crippen LogP contribution in [0, 0.1) is 0 Å². The van der Waals surface area contributed by atoms with Crippen molar-refractivity contribution in [1.82, 2.24) is 9.80 Å². The van der Waals surface area contributed by atoms with Gasteiger partial charge in [-0.25, -0.2) is 4.79 Å². The highest BCUT2D eigenvalue weighted by Crippen LogP contribution is 2.30. The number of amides is 3. The molecule has 1 saturated heterocycles. The number of aliphatic hydroxyl groups excluding tert-OH is 1. The molecular weight excluding hydrogens is 208 g/mol. The minimum Gasteiger partial charge on any atom is -0.395 e. The lowest BCUT2D eigenvalue weighted by Gasteiger charge is -2.29. The van der Waals surface area contributed by atoms with E-state index in [0.29, 0.717) is 13.0 Å². The van der Waals surface area contributed by atoms with E-state index in [9.17, 15) is 9.59 Å². The first kappa shape index (κ1) is 13.0. The van der Waals surface area contributed by atoms with Crippen molar-refractivity contribution in [2.24, 2.45) is 0 Å². The van der Waals surface area contributed by atoms with Crippen LogP contribution in [-0.4, -0.2) is 52.1 Å². The van der Waals surface area contributed by atoms with E-state index in [1.54, 1.807) is 6.92 Å². The van der Waals surface area contributed by atoms with Gasteiger partial charge in [-0.1, -0.05) is 13.8 Å². The fourth-order valence-electron chi connectivity index (χ4n) is 2.06. The van der Waals surface area contributed by atoms with Gasteiger partial charge in [0.05, 0.1) is 6.61 Å². The normalized spacial score (nSPS) is 25.8. The third kappa shape index (κ3) is 1.80. The van der Waals surface area contributed by atoms with Crippen LogP contribution in [-0.2, 0) is 4.79 Å². The van der Waals surface area contributed by atoms with E-state index in [1.165, 1.54) is 9.80 Å². The molecule has 1 N–H and O–H groups in total. The fraction of sp³-hybridized carbons (Fsp3) is 0.818. The monoisotopic (exact) mass is 228 g/mol. The summed E-state index contributed by atoms with van der Waals surface area (Å²) in [4.78, 5) is 26.9. The molecule has 0 aliphatic carbocycles. The molecule has 0 radical (unpaired) electrons. The molecule has 1 fully saturated rings. The Morgan fingerprint density at radius 1 is 1.25 bits per heavy atom. The van der Waals surface area contributed by atoms with Crippen LogP contribution in [0.5, 0.6) is 0 Å². The summed E-state index contributed by atoms with van der Waals surface area (Å²) >= 11 is 0. The minimum absolute atomic E-state index is 0.116. The second-order valence-corrected chi connectivity index (χ2v) is 4.24. The number of carbonyl (C=O) groups excluding carboxylic acids is 2. The average Bonchev–Trinajstić information content (AvgIpc) is 2.45. The van der Waals surface area contributed by atoms with Crippen LogP contribution in [0.15, 0.2) is 0 Å². The van der Waals surface area contributed by atoms with Gasteiger partial charge in [-0.15, -0.1) is 0 Å². The molecule has 0 aromatic rings. The highest BCUT2D eigenvalue weighted by atomic mass is 16.3. The molecule has 1 unspecified atom stereocenters. The maximum atomic E-state index is 12.1. The number of imide groups is 1. The van der Waals surface area contributed by atoms with Crippen molar-refractivity contribution in [3.8, 4) is 0 Å². The summed E-state index contributed by atoms with van der Waals surface area (Å²) in [6, 6.07) is -0.273. The van der Waals surface area contributed by atoms with E-state index in [2.05, 4.69) is 0 Å². The summed E-state index contributed by atoms with van der Waals surface area (Å²) in [6.07, 6.45) is 1.32. The molecule has 0 saturated carbocycles. The first-order valence-electron chi connectivity index (χ1n) is 5.77. The van der Waals surface area contributed by atoms with E-state index in [1.807, 2.05) is 13.8 Å². The largest absolute Gasteiger partial charge is 0.395 e. The van der Waals surface area contributed by atoms with Crippen molar-refractivity contribution in [2.45, 2.75) is 39.2 Å². The number of carbonyl (C=O) groups is 2. The number of β-amino-alcohol motifs (C(OH)–C–C–N with tert-alkyl or cyclic N) is 1. The number of hydrogen-bond donors (Lipinski definition) is 1. The second-order valence-electron chi connectivity index (χ2n) is 4.24. The van der Waals surface area contributed by atoms with Gasteiger partial charge >= 0.3 is 6.03 Å². The number of hydrogen-bond acceptors (Lipinski definition) is 3. The molecule has 1 rings (SSSR count). The van der Waals surface area contributed by atoms with Crippen LogP contribution >= 0.6 is 0 Å². The van der Waals surface area contributed by atoms with Crippen molar-refractivity contribution >= 4 is 11.9 Å². The van der Waals surface area contributed by atoms with Gasteiger partial charge in [-0.2, -0.15) is 0 Å². The van der Waals surface area contributed by atoms with Gasteiger partial charge in [0.1, 0.15) is 5.54 Å². The van der Waals surface area contributed by atoms with Crippen molar-refractivity contribution in [1.29, 1.82) is 0 Å². The number of nitrogens with zero attached hydrogens (tertiary/aromatic N) is 2. The van der Waals surface area contributed by atoms with Gasteiger partial charge in [-0.05, 0) is 19.8 Å². The molecule has 0 bridgehead atoms. The second kappa shape index (κ2) is 4.82. The average molecular weight is 228 g/mol. The highest BCUT2D eigenvalue weighted by Gasteiger charge is 2.52. The SMILES string of the molecule is CCCN1C(=O)N(CCO)C(C)(CC)C1=O. The summed E-state index contributed by atoms with van der Waals surface area (Å²) < 4.78 is 0. The third-order valence-electron chi connectivity index (χ3n) is 3.22. The molecule has 1 atom stereocenters. The lowest BCUT2D eigenvalue weighted by molar-refractivity contribution is -0.132. The smallest absolute Gasteiger partial charge is 0.327 e. The molecule has 0 aromatic heterocycles.